The monoisotopic (exact) mass is 317 g/mol. The van der Waals surface area contributed by atoms with Crippen LogP contribution < -0.4 is 4.31 Å². The molecule has 1 aliphatic heterocycles. The molecule has 0 spiro atoms. The van der Waals surface area contributed by atoms with Crippen LogP contribution in [0.15, 0.2) is 53.4 Å². The summed E-state index contributed by atoms with van der Waals surface area (Å²) in [5.41, 5.74) is 1.61. The van der Waals surface area contributed by atoms with Crippen LogP contribution in [0.5, 0.6) is 0 Å². The highest BCUT2D eigenvalue weighted by atomic mass is 32.2. The van der Waals surface area contributed by atoms with E-state index in [0.717, 1.165) is 5.56 Å². The number of fused-ring (bicyclic) bond motifs is 1. The van der Waals surface area contributed by atoms with Crippen molar-refractivity contribution in [1.82, 2.24) is 0 Å². The molecule has 1 aliphatic rings. The first-order chi connectivity index (χ1) is 10.4. The second-order valence-corrected chi connectivity index (χ2v) is 7.19. The van der Waals surface area contributed by atoms with Crippen LogP contribution in [0.1, 0.15) is 28.8 Å². The molecule has 2 aromatic rings. The van der Waals surface area contributed by atoms with E-state index in [1.165, 1.54) is 28.6 Å². The van der Waals surface area contributed by atoms with E-state index in [0.29, 0.717) is 12.2 Å². The smallest absolute Gasteiger partial charge is 0.335 e. The lowest BCUT2D eigenvalue weighted by Crippen LogP contribution is -2.29. The molecule has 22 heavy (non-hydrogen) atoms. The largest absolute Gasteiger partial charge is 0.478 e. The number of carboxylic acid groups (broad SMARTS) is 1. The molecule has 6 heteroatoms. The molecule has 0 aromatic heterocycles. The Bertz CT molecular complexity index is 845. The summed E-state index contributed by atoms with van der Waals surface area (Å²) in [4.78, 5) is 11.0. The lowest BCUT2D eigenvalue weighted by molar-refractivity contribution is 0.0696. The number of benzene rings is 2. The Morgan fingerprint density at radius 1 is 1.18 bits per heavy atom. The number of rotatable bonds is 3. The molecule has 0 amide bonds. The van der Waals surface area contributed by atoms with Gasteiger partial charge < -0.3 is 5.11 Å². The normalized spacial score (nSPS) is 17.3. The van der Waals surface area contributed by atoms with Crippen molar-refractivity contribution < 1.29 is 18.3 Å². The van der Waals surface area contributed by atoms with Crippen LogP contribution >= 0.6 is 0 Å². The van der Waals surface area contributed by atoms with Crippen LogP contribution in [0.2, 0.25) is 0 Å². The summed E-state index contributed by atoms with van der Waals surface area (Å²) < 4.78 is 27.1. The Morgan fingerprint density at radius 2 is 1.91 bits per heavy atom. The fraction of sp³-hybridized carbons (Fsp3) is 0.188. The molecule has 0 fully saturated rings. The van der Waals surface area contributed by atoms with E-state index in [1.54, 1.807) is 12.1 Å². The molecule has 114 valence electrons. The minimum Gasteiger partial charge on any atom is -0.478 e. The lowest BCUT2D eigenvalue weighted by atomic mass is 10.0. The van der Waals surface area contributed by atoms with Gasteiger partial charge in [0.05, 0.1) is 16.1 Å². The molecule has 5 nitrogen and oxygen atoms in total. The second-order valence-electron chi connectivity index (χ2n) is 5.33. The van der Waals surface area contributed by atoms with Crippen LogP contribution in [-0.4, -0.2) is 26.0 Å². The summed E-state index contributed by atoms with van der Waals surface area (Å²) in [6.45, 7) is 2.33. The molecule has 1 heterocycles. The van der Waals surface area contributed by atoms with Crippen molar-refractivity contribution >= 4 is 21.7 Å². The number of nitrogens with zero attached hydrogens (tertiary/aromatic N) is 1. The van der Waals surface area contributed by atoms with Crippen molar-refractivity contribution in [2.75, 3.05) is 10.8 Å². The Labute approximate surface area is 128 Å². The molecule has 0 aliphatic carbocycles. The van der Waals surface area contributed by atoms with Gasteiger partial charge in [-0.1, -0.05) is 31.2 Å². The van der Waals surface area contributed by atoms with Gasteiger partial charge in [0.1, 0.15) is 0 Å². The first kappa shape index (κ1) is 14.6. The number of aromatic carboxylic acids is 1. The first-order valence-electron chi connectivity index (χ1n) is 6.86. The van der Waals surface area contributed by atoms with Crippen LogP contribution in [0.3, 0.4) is 0 Å². The molecule has 1 atom stereocenters. The highest BCUT2D eigenvalue weighted by Gasteiger charge is 2.34. The van der Waals surface area contributed by atoms with Gasteiger partial charge in [-0.05, 0) is 29.8 Å². The molecule has 0 radical (unpaired) electrons. The third-order valence-electron chi connectivity index (χ3n) is 3.85. The van der Waals surface area contributed by atoms with E-state index in [2.05, 4.69) is 0 Å². The number of para-hydroxylation sites is 1. The molecule has 2 aromatic carbocycles. The van der Waals surface area contributed by atoms with E-state index >= 15 is 0 Å². The van der Waals surface area contributed by atoms with E-state index in [9.17, 15) is 13.2 Å². The van der Waals surface area contributed by atoms with Crippen LogP contribution in [0.25, 0.3) is 0 Å². The molecule has 1 N–H and O–H groups in total. The third kappa shape index (κ3) is 2.25. The molecule has 0 bridgehead atoms. The zero-order chi connectivity index (χ0) is 15.9. The summed E-state index contributed by atoms with van der Waals surface area (Å²) in [6, 6.07) is 12.8. The first-order valence-corrected chi connectivity index (χ1v) is 8.30. The van der Waals surface area contributed by atoms with Crippen LogP contribution in [0, 0.1) is 0 Å². The molecule has 3 rings (SSSR count). The molecule has 0 unspecified atom stereocenters. The predicted octanol–water partition coefficient (Wildman–Crippen LogP) is 2.70. The number of sulfonamides is 1. The number of carboxylic acids is 1. The summed E-state index contributed by atoms with van der Waals surface area (Å²) in [7, 11) is -3.77. The van der Waals surface area contributed by atoms with Crippen molar-refractivity contribution in [3.05, 3.63) is 59.7 Å². The van der Waals surface area contributed by atoms with Gasteiger partial charge in [-0.25, -0.2) is 13.2 Å². The van der Waals surface area contributed by atoms with Crippen molar-refractivity contribution in [2.24, 2.45) is 0 Å². The van der Waals surface area contributed by atoms with E-state index in [1.807, 2.05) is 19.1 Å². The van der Waals surface area contributed by atoms with Gasteiger partial charge >= 0.3 is 5.97 Å². The average molecular weight is 317 g/mol. The van der Waals surface area contributed by atoms with Crippen molar-refractivity contribution in [3.63, 3.8) is 0 Å². The SMILES string of the molecule is C[C@H]1CN(S(=O)(=O)c2cccc(C(=O)O)c2)c2ccccc21. The van der Waals surface area contributed by atoms with Crippen LogP contribution in [-0.2, 0) is 10.0 Å². The lowest BCUT2D eigenvalue weighted by Gasteiger charge is -2.20. The van der Waals surface area contributed by atoms with Gasteiger partial charge in [0.25, 0.3) is 10.0 Å². The van der Waals surface area contributed by atoms with E-state index in [-0.39, 0.29) is 16.4 Å². The van der Waals surface area contributed by atoms with Gasteiger partial charge in [-0.15, -0.1) is 0 Å². The molecule has 0 saturated carbocycles. The number of hydrogen-bond donors (Lipinski definition) is 1. The quantitative estimate of drug-likeness (QED) is 0.944. The van der Waals surface area contributed by atoms with E-state index in [4.69, 9.17) is 5.11 Å². The summed E-state index contributed by atoms with van der Waals surface area (Å²) in [6.07, 6.45) is 0. The Balaban J connectivity index is 2.09. The standard InChI is InChI=1S/C16H15NO4S/c1-11-10-17(15-8-3-2-7-14(11)15)22(20,21)13-6-4-5-12(9-13)16(18)19/h2-9,11H,10H2,1H3,(H,18,19)/t11-/m0/s1. The molecular formula is C16H15NO4S. The highest BCUT2D eigenvalue weighted by Crippen LogP contribution is 2.39. The average Bonchev–Trinajstić information content (AvgIpc) is 2.86. The maximum absolute atomic E-state index is 12.9. The summed E-state index contributed by atoms with van der Waals surface area (Å²) in [5.74, 6) is -1.04. The zero-order valence-electron chi connectivity index (χ0n) is 11.9. The van der Waals surface area contributed by atoms with Crippen molar-refractivity contribution in [3.8, 4) is 0 Å². The maximum atomic E-state index is 12.9. The molecular weight excluding hydrogens is 302 g/mol. The predicted molar refractivity (Wildman–Crippen MR) is 82.8 cm³/mol. The summed E-state index contributed by atoms with van der Waals surface area (Å²) >= 11 is 0. The summed E-state index contributed by atoms with van der Waals surface area (Å²) in [5, 5.41) is 9.03. The maximum Gasteiger partial charge on any atom is 0.335 e. The third-order valence-corrected chi connectivity index (χ3v) is 5.62. The number of anilines is 1. The van der Waals surface area contributed by atoms with Gasteiger partial charge in [0.15, 0.2) is 0 Å². The van der Waals surface area contributed by atoms with Gasteiger partial charge in [-0.2, -0.15) is 0 Å². The zero-order valence-corrected chi connectivity index (χ0v) is 12.7. The number of carbonyl (C=O) groups is 1. The van der Waals surface area contributed by atoms with Gasteiger partial charge in [-0.3, -0.25) is 4.31 Å². The second kappa shape index (κ2) is 5.14. The minimum atomic E-state index is -3.77. The van der Waals surface area contributed by atoms with Gasteiger partial charge in [0.2, 0.25) is 0 Å². The van der Waals surface area contributed by atoms with Crippen molar-refractivity contribution in [2.45, 2.75) is 17.7 Å². The van der Waals surface area contributed by atoms with Crippen LogP contribution in [0.4, 0.5) is 5.69 Å². The Morgan fingerprint density at radius 3 is 2.64 bits per heavy atom. The number of hydrogen-bond acceptors (Lipinski definition) is 3. The van der Waals surface area contributed by atoms with Gasteiger partial charge in [0, 0.05) is 12.5 Å². The Hall–Kier alpha value is -2.34. The Kier molecular flexibility index (Phi) is 3.41. The van der Waals surface area contributed by atoms with Crippen molar-refractivity contribution in [1.29, 1.82) is 0 Å². The highest BCUT2D eigenvalue weighted by molar-refractivity contribution is 7.92. The fourth-order valence-electron chi connectivity index (χ4n) is 2.72. The topological polar surface area (TPSA) is 74.7 Å². The fourth-order valence-corrected chi connectivity index (χ4v) is 4.35. The minimum absolute atomic E-state index is 0.00342. The van der Waals surface area contributed by atoms with E-state index < -0.39 is 16.0 Å². The molecule has 0 saturated heterocycles.